The molecule has 1 aliphatic heterocycles. The number of nitrogens with zero attached hydrogens (tertiary/aromatic N) is 4. The maximum atomic E-state index is 9.63. The number of ether oxygens (including phenoxy) is 2. The van der Waals surface area contributed by atoms with E-state index in [9.17, 15) is 5.26 Å². The Kier molecular flexibility index (Phi) is 6.87. The fourth-order valence-corrected chi connectivity index (χ4v) is 3.46. The molecule has 33 heavy (non-hydrogen) atoms. The number of nitriles is 1. The molecule has 1 fully saturated rings. The SMILES string of the molecule is N#Cc1cc(-c2ccnc(Nc3ccc(N(C=N)C=N)cc3)n2)ccc1OC1CCOCC1. The lowest BCUT2D eigenvalue weighted by Crippen LogP contribution is -2.26. The second-order valence-electron chi connectivity index (χ2n) is 7.36. The topological polar surface area (TPSA) is 131 Å². The molecule has 4 rings (SSSR count). The maximum Gasteiger partial charge on any atom is 0.227 e. The number of anilines is 3. The Morgan fingerprint density at radius 1 is 1.09 bits per heavy atom. The quantitative estimate of drug-likeness (QED) is 0.350. The maximum absolute atomic E-state index is 9.63. The van der Waals surface area contributed by atoms with Gasteiger partial charge < -0.3 is 14.8 Å². The van der Waals surface area contributed by atoms with Crippen molar-refractivity contribution < 1.29 is 9.47 Å². The molecule has 0 bridgehead atoms. The molecule has 0 unspecified atom stereocenters. The van der Waals surface area contributed by atoms with Gasteiger partial charge in [-0.1, -0.05) is 0 Å². The number of aromatic nitrogens is 2. The van der Waals surface area contributed by atoms with Crippen LogP contribution in [0.1, 0.15) is 18.4 Å². The lowest BCUT2D eigenvalue weighted by Gasteiger charge is -2.23. The van der Waals surface area contributed by atoms with Crippen LogP contribution in [0.15, 0.2) is 54.7 Å². The third kappa shape index (κ3) is 5.31. The van der Waals surface area contributed by atoms with E-state index in [1.165, 1.54) is 4.90 Å². The first-order valence-corrected chi connectivity index (χ1v) is 10.5. The molecule has 166 valence electrons. The van der Waals surface area contributed by atoms with Crippen molar-refractivity contribution in [1.82, 2.24) is 9.97 Å². The van der Waals surface area contributed by atoms with E-state index < -0.39 is 0 Å². The van der Waals surface area contributed by atoms with Crippen molar-refractivity contribution in [3.8, 4) is 23.1 Å². The molecule has 9 nitrogen and oxygen atoms in total. The van der Waals surface area contributed by atoms with E-state index in [-0.39, 0.29) is 6.10 Å². The van der Waals surface area contributed by atoms with Crippen LogP contribution in [0, 0.1) is 22.1 Å². The van der Waals surface area contributed by atoms with Crippen LogP contribution >= 0.6 is 0 Å². The lowest BCUT2D eigenvalue weighted by atomic mass is 10.1. The Hall–Kier alpha value is -4.29. The molecule has 1 saturated heterocycles. The Bertz CT molecular complexity index is 1160. The average molecular weight is 441 g/mol. The summed E-state index contributed by atoms with van der Waals surface area (Å²) in [4.78, 5) is 10.2. The third-order valence-corrected chi connectivity index (χ3v) is 5.21. The van der Waals surface area contributed by atoms with Crippen LogP contribution < -0.4 is 15.0 Å². The molecule has 9 heteroatoms. The van der Waals surface area contributed by atoms with Gasteiger partial charge in [0.15, 0.2) is 0 Å². The van der Waals surface area contributed by atoms with E-state index in [1.54, 1.807) is 30.5 Å². The lowest BCUT2D eigenvalue weighted by molar-refractivity contribution is 0.0254. The van der Waals surface area contributed by atoms with Crippen LogP contribution in [0.4, 0.5) is 17.3 Å². The van der Waals surface area contributed by atoms with Crippen LogP contribution in [0.3, 0.4) is 0 Å². The van der Waals surface area contributed by atoms with Crippen LogP contribution in [0.5, 0.6) is 5.75 Å². The number of hydrogen-bond acceptors (Lipinski definition) is 8. The number of hydrogen-bond donors (Lipinski definition) is 3. The highest BCUT2D eigenvalue weighted by atomic mass is 16.5. The average Bonchev–Trinajstić information content (AvgIpc) is 2.87. The summed E-state index contributed by atoms with van der Waals surface area (Å²) in [5, 5.41) is 27.4. The van der Waals surface area contributed by atoms with Gasteiger partial charge in [-0.3, -0.25) is 15.7 Å². The molecule has 0 atom stereocenters. The predicted octanol–water partition coefficient (Wildman–Crippen LogP) is 4.34. The number of benzene rings is 2. The predicted molar refractivity (Wildman–Crippen MR) is 126 cm³/mol. The molecule has 1 aromatic heterocycles. The molecule has 0 saturated carbocycles. The van der Waals surface area contributed by atoms with Gasteiger partial charge in [-0.15, -0.1) is 0 Å². The summed E-state index contributed by atoms with van der Waals surface area (Å²) in [6, 6.07) is 16.7. The van der Waals surface area contributed by atoms with Gasteiger partial charge in [0.2, 0.25) is 5.95 Å². The minimum Gasteiger partial charge on any atom is -0.489 e. The molecule has 3 N–H and O–H groups in total. The van der Waals surface area contributed by atoms with Gasteiger partial charge in [0, 0.05) is 36.0 Å². The molecule has 0 spiro atoms. The van der Waals surface area contributed by atoms with Crippen LogP contribution in [0.2, 0.25) is 0 Å². The van der Waals surface area contributed by atoms with Crippen molar-refractivity contribution in [3.63, 3.8) is 0 Å². The molecular weight excluding hydrogens is 418 g/mol. The fourth-order valence-electron chi connectivity index (χ4n) is 3.46. The Labute approximate surface area is 191 Å². The highest BCUT2D eigenvalue weighted by Gasteiger charge is 2.17. The van der Waals surface area contributed by atoms with E-state index in [1.807, 2.05) is 24.3 Å². The van der Waals surface area contributed by atoms with E-state index in [4.69, 9.17) is 20.3 Å². The van der Waals surface area contributed by atoms with Crippen molar-refractivity contribution in [2.24, 2.45) is 0 Å². The summed E-state index contributed by atoms with van der Waals surface area (Å²) in [6.07, 6.45) is 5.48. The minimum atomic E-state index is 0.0584. The van der Waals surface area contributed by atoms with Gasteiger partial charge in [-0.2, -0.15) is 5.26 Å². The van der Waals surface area contributed by atoms with Crippen LogP contribution in [0.25, 0.3) is 11.3 Å². The van der Waals surface area contributed by atoms with E-state index in [0.717, 1.165) is 36.8 Å². The summed E-state index contributed by atoms with van der Waals surface area (Å²) < 4.78 is 11.4. The first-order chi connectivity index (χ1) is 16.2. The highest BCUT2D eigenvalue weighted by Crippen LogP contribution is 2.28. The normalized spacial score (nSPS) is 13.5. The smallest absolute Gasteiger partial charge is 0.227 e. The molecular formula is C24H23N7O2. The monoisotopic (exact) mass is 441 g/mol. The first-order valence-electron chi connectivity index (χ1n) is 10.5. The number of rotatable bonds is 8. The molecule has 0 radical (unpaired) electrons. The van der Waals surface area contributed by atoms with Crippen LogP contribution in [-0.4, -0.2) is 42.0 Å². The second kappa shape index (κ2) is 10.3. The van der Waals surface area contributed by atoms with Crippen molar-refractivity contribution in [1.29, 1.82) is 16.1 Å². The van der Waals surface area contributed by atoms with Crippen LogP contribution in [-0.2, 0) is 4.74 Å². The van der Waals surface area contributed by atoms with Gasteiger partial charge in [-0.25, -0.2) is 9.97 Å². The first kappa shape index (κ1) is 21.9. The molecule has 3 aromatic rings. The van der Waals surface area contributed by atoms with Gasteiger partial charge >= 0.3 is 0 Å². The van der Waals surface area contributed by atoms with Crippen molar-refractivity contribution >= 4 is 30.0 Å². The molecule has 1 aliphatic rings. The second-order valence-corrected chi connectivity index (χ2v) is 7.36. The minimum absolute atomic E-state index is 0.0584. The molecule has 2 heterocycles. The summed E-state index contributed by atoms with van der Waals surface area (Å²) in [5.41, 5.74) is 3.40. The summed E-state index contributed by atoms with van der Waals surface area (Å²) in [6.45, 7) is 1.35. The van der Waals surface area contributed by atoms with Crippen molar-refractivity contribution in [2.45, 2.75) is 18.9 Å². The van der Waals surface area contributed by atoms with Gasteiger partial charge in [0.05, 0.1) is 37.1 Å². The third-order valence-electron chi connectivity index (χ3n) is 5.21. The van der Waals surface area contributed by atoms with Crippen molar-refractivity contribution in [2.75, 3.05) is 23.4 Å². The van der Waals surface area contributed by atoms with Gasteiger partial charge in [-0.05, 0) is 48.5 Å². The summed E-state index contributed by atoms with van der Waals surface area (Å²) in [5.74, 6) is 0.988. The zero-order valence-corrected chi connectivity index (χ0v) is 17.9. The van der Waals surface area contributed by atoms with Crippen molar-refractivity contribution in [3.05, 3.63) is 60.3 Å². The Morgan fingerprint density at radius 2 is 1.85 bits per heavy atom. The standard InChI is InChI=1S/C24H23N7O2/c25-14-18-13-17(1-6-23(18)33-21-8-11-32-12-9-21)22-7-10-28-24(30-22)29-19-2-4-20(5-3-19)31(15-26)16-27/h1-7,10,13,15-16,21,26-27H,8-9,11-12H2,(H,28,29,30). The zero-order valence-electron chi connectivity index (χ0n) is 17.9. The Balaban J connectivity index is 1.50. The van der Waals surface area contributed by atoms with E-state index in [0.29, 0.717) is 41.9 Å². The van der Waals surface area contributed by atoms with Gasteiger partial charge in [0.1, 0.15) is 17.9 Å². The zero-order chi connectivity index (χ0) is 23.0. The highest BCUT2D eigenvalue weighted by molar-refractivity contribution is 5.97. The molecule has 0 amide bonds. The van der Waals surface area contributed by atoms with Gasteiger partial charge in [0.25, 0.3) is 0 Å². The van der Waals surface area contributed by atoms with E-state index in [2.05, 4.69) is 21.4 Å². The fraction of sp³-hybridized carbons (Fsp3) is 0.208. The Morgan fingerprint density at radius 3 is 2.55 bits per heavy atom. The molecule has 0 aliphatic carbocycles. The largest absolute Gasteiger partial charge is 0.489 e. The number of nitrogens with one attached hydrogen (secondary N) is 3. The summed E-state index contributed by atoms with van der Waals surface area (Å²) in [7, 11) is 0. The summed E-state index contributed by atoms with van der Waals surface area (Å²) >= 11 is 0. The van der Waals surface area contributed by atoms with E-state index >= 15 is 0 Å². The molecule has 2 aromatic carbocycles.